The minimum atomic E-state index is -0.364. The minimum absolute atomic E-state index is 0.155. The van der Waals surface area contributed by atoms with E-state index in [1.54, 1.807) is 6.92 Å². The molecule has 0 spiro atoms. The Morgan fingerprint density at radius 1 is 1.29 bits per heavy atom. The molecule has 0 atom stereocenters. The van der Waals surface area contributed by atoms with E-state index in [1.165, 1.54) is 0 Å². The summed E-state index contributed by atoms with van der Waals surface area (Å²) in [5, 5.41) is 0. The molecule has 0 aliphatic rings. The van der Waals surface area contributed by atoms with Crippen LogP contribution < -0.4 is 5.73 Å². The SMILES string of the molecule is CC(=O)CC(C)(C)OCCC(C)(C)N. The number of rotatable bonds is 6. The van der Waals surface area contributed by atoms with Gasteiger partial charge in [0.15, 0.2) is 0 Å². The van der Waals surface area contributed by atoms with Gasteiger partial charge in [-0.05, 0) is 41.0 Å². The van der Waals surface area contributed by atoms with Gasteiger partial charge < -0.3 is 10.5 Å². The van der Waals surface area contributed by atoms with E-state index in [9.17, 15) is 4.79 Å². The van der Waals surface area contributed by atoms with Crippen molar-refractivity contribution in [2.24, 2.45) is 5.73 Å². The quantitative estimate of drug-likeness (QED) is 0.714. The lowest BCUT2D eigenvalue weighted by molar-refractivity contribution is -0.123. The minimum Gasteiger partial charge on any atom is -0.375 e. The number of ketones is 1. The summed E-state index contributed by atoms with van der Waals surface area (Å²) in [5.74, 6) is 0.155. The van der Waals surface area contributed by atoms with Crippen molar-refractivity contribution in [3.05, 3.63) is 0 Å². The van der Waals surface area contributed by atoms with Crippen LogP contribution in [0.2, 0.25) is 0 Å². The van der Waals surface area contributed by atoms with E-state index in [4.69, 9.17) is 10.5 Å². The predicted molar refractivity (Wildman–Crippen MR) is 58.2 cm³/mol. The first-order valence-electron chi connectivity index (χ1n) is 5.05. The molecule has 84 valence electrons. The van der Waals surface area contributed by atoms with Crippen molar-refractivity contribution in [2.75, 3.05) is 6.61 Å². The zero-order valence-electron chi connectivity index (χ0n) is 10.0. The Morgan fingerprint density at radius 2 is 1.79 bits per heavy atom. The van der Waals surface area contributed by atoms with Crippen molar-refractivity contribution in [3.8, 4) is 0 Å². The molecule has 0 aromatic heterocycles. The first-order chi connectivity index (χ1) is 6.12. The summed E-state index contributed by atoms with van der Waals surface area (Å²) in [5.41, 5.74) is 5.25. The highest BCUT2D eigenvalue weighted by molar-refractivity contribution is 5.76. The van der Waals surface area contributed by atoms with Crippen LogP contribution in [0, 0.1) is 0 Å². The Bertz CT molecular complexity index is 192. The van der Waals surface area contributed by atoms with E-state index in [1.807, 2.05) is 27.7 Å². The predicted octanol–water partition coefficient (Wildman–Crippen LogP) is 1.89. The van der Waals surface area contributed by atoms with Gasteiger partial charge in [-0.2, -0.15) is 0 Å². The Labute approximate surface area is 87.0 Å². The largest absolute Gasteiger partial charge is 0.375 e. The third kappa shape index (κ3) is 8.20. The molecule has 0 radical (unpaired) electrons. The van der Waals surface area contributed by atoms with Crippen LogP contribution in [0.5, 0.6) is 0 Å². The molecule has 0 amide bonds. The fourth-order valence-electron chi connectivity index (χ4n) is 1.24. The van der Waals surface area contributed by atoms with E-state index in [0.717, 1.165) is 6.42 Å². The Balaban J connectivity index is 3.82. The molecule has 0 aliphatic heterocycles. The van der Waals surface area contributed by atoms with Crippen molar-refractivity contribution in [2.45, 2.75) is 58.6 Å². The number of hydrogen-bond donors (Lipinski definition) is 1. The molecule has 0 saturated carbocycles. The molecule has 14 heavy (non-hydrogen) atoms. The standard InChI is InChI=1S/C11H23NO2/c1-9(13)8-11(4,5)14-7-6-10(2,3)12/h6-8,12H2,1-5H3. The summed E-state index contributed by atoms with van der Waals surface area (Å²) in [6.07, 6.45) is 1.26. The maximum absolute atomic E-state index is 10.9. The molecule has 0 aromatic rings. The molecular formula is C11H23NO2. The Hall–Kier alpha value is -0.410. The van der Waals surface area contributed by atoms with Crippen LogP contribution in [0.15, 0.2) is 0 Å². The average molecular weight is 201 g/mol. The summed E-state index contributed by atoms with van der Waals surface area (Å²) in [6.45, 7) is 9.97. The zero-order valence-corrected chi connectivity index (χ0v) is 10.0. The molecule has 0 heterocycles. The fraction of sp³-hybridized carbons (Fsp3) is 0.909. The number of hydrogen-bond acceptors (Lipinski definition) is 3. The lowest BCUT2D eigenvalue weighted by Gasteiger charge is -2.26. The van der Waals surface area contributed by atoms with Crippen LogP contribution in [0.3, 0.4) is 0 Å². The summed E-state index contributed by atoms with van der Waals surface area (Å²) < 4.78 is 5.62. The number of carbonyl (C=O) groups excluding carboxylic acids is 1. The van der Waals surface area contributed by atoms with Crippen molar-refractivity contribution in [3.63, 3.8) is 0 Å². The molecular weight excluding hydrogens is 178 g/mol. The van der Waals surface area contributed by atoms with Gasteiger partial charge in [-0.1, -0.05) is 0 Å². The van der Waals surface area contributed by atoms with Gasteiger partial charge in [-0.3, -0.25) is 4.79 Å². The zero-order chi connectivity index (χ0) is 11.4. The smallest absolute Gasteiger partial charge is 0.132 e. The highest BCUT2D eigenvalue weighted by atomic mass is 16.5. The Kier molecular flexibility index (Phi) is 4.75. The van der Waals surface area contributed by atoms with Crippen molar-refractivity contribution in [1.82, 2.24) is 0 Å². The monoisotopic (exact) mass is 201 g/mol. The molecule has 0 saturated heterocycles. The maximum atomic E-state index is 10.9. The van der Waals surface area contributed by atoms with Crippen molar-refractivity contribution >= 4 is 5.78 Å². The lowest BCUT2D eigenvalue weighted by Crippen LogP contribution is -2.35. The van der Waals surface area contributed by atoms with E-state index >= 15 is 0 Å². The van der Waals surface area contributed by atoms with E-state index in [2.05, 4.69) is 0 Å². The van der Waals surface area contributed by atoms with Gasteiger partial charge in [0.25, 0.3) is 0 Å². The summed E-state index contributed by atoms with van der Waals surface area (Å²) in [4.78, 5) is 10.9. The van der Waals surface area contributed by atoms with Gasteiger partial charge in [-0.25, -0.2) is 0 Å². The van der Waals surface area contributed by atoms with E-state index in [-0.39, 0.29) is 16.9 Å². The first kappa shape index (κ1) is 13.6. The van der Waals surface area contributed by atoms with Crippen LogP contribution in [-0.4, -0.2) is 23.5 Å². The van der Waals surface area contributed by atoms with Gasteiger partial charge in [0.1, 0.15) is 5.78 Å². The number of Topliss-reactive ketones (excluding diaryl/α,β-unsaturated/α-hetero) is 1. The normalized spacial score (nSPS) is 13.0. The van der Waals surface area contributed by atoms with Crippen molar-refractivity contribution < 1.29 is 9.53 Å². The van der Waals surface area contributed by atoms with Gasteiger partial charge in [-0.15, -0.1) is 0 Å². The van der Waals surface area contributed by atoms with Gasteiger partial charge in [0.2, 0.25) is 0 Å². The number of ether oxygens (including phenoxy) is 1. The molecule has 0 bridgehead atoms. The highest BCUT2D eigenvalue weighted by Crippen LogP contribution is 2.16. The molecule has 0 aliphatic carbocycles. The fourth-order valence-corrected chi connectivity index (χ4v) is 1.24. The summed E-state index contributed by atoms with van der Waals surface area (Å²) in [7, 11) is 0. The van der Waals surface area contributed by atoms with Gasteiger partial charge >= 0.3 is 0 Å². The second-order valence-corrected chi connectivity index (χ2v) is 5.23. The third-order valence-electron chi connectivity index (χ3n) is 1.91. The van der Waals surface area contributed by atoms with Crippen molar-refractivity contribution in [1.29, 1.82) is 0 Å². The molecule has 3 heteroatoms. The number of nitrogens with two attached hydrogens (primary N) is 1. The Morgan fingerprint density at radius 3 is 2.14 bits per heavy atom. The van der Waals surface area contributed by atoms with E-state index in [0.29, 0.717) is 13.0 Å². The molecule has 0 aromatic carbocycles. The van der Waals surface area contributed by atoms with E-state index < -0.39 is 0 Å². The van der Waals surface area contributed by atoms with Gasteiger partial charge in [0, 0.05) is 18.6 Å². The van der Waals surface area contributed by atoms with Gasteiger partial charge in [0.05, 0.1) is 5.60 Å². The molecule has 0 fully saturated rings. The average Bonchev–Trinajstić information content (AvgIpc) is 1.78. The molecule has 2 N–H and O–H groups in total. The summed E-state index contributed by atoms with van der Waals surface area (Å²) >= 11 is 0. The van der Waals surface area contributed by atoms with Crippen LogP contribution >= 0.6 is 0 Å². The lowest BCUT2D eigenvalue weighted by atomic mass is 10.0. The second-order valence-electron chi connectivity index (χ2n) is 5.23. The topological polar surface area (TPSA) is 52.3 Å². The maximum Gasteiger partial charge on any atom is 0.132 e. The molecule has 0 unspecified atom stereocenters. The van der Waals surface area contributed by atoms with Crippen LogP contribution in [0.1, 0.15) is 47.5 Å². The van der Waals surface area contributed by atoms with Crippen LogP contribution in [-0.2, 0) is 9.53 Å². The second kappa shape index (κ2) is 4.89. The molecule has 0 rings (SSSR count). The third-order valence-corrected chi connectivity index (χ3v) is 1.91. The number of carbonyl (C=O) groups is 1. The van der Waals surface area contributed by atoms with Crippen LogP contribution in [0.4, 0.5) is 0 Å². The highest BCUT2D eigenvalue weighted by Gasteiger charge is 2.21. The molecule has 3 nitrogen and oxygen atoms in total. The summed E-state index contributed by atoms with van der Waals surface area (Å²) in [6, 6.07) is 0. The first-order valence-corrected chi connectivity index (χ1v) is 5.05. The van der Waals surface area contributed by atoms with Crippen LogP contribution in [0.25, 0.3) is 0 Å².